The molecule has 68 heavy (non-hydrogen) atoms. The van der Waals surface area contributed by atoms with E-state index in [1.807, 2.05) is 0 Å². The molecule has 368 valence electrons. The molecule has 6 aromatic rings. The normalized spacial score (nSPS) is 30.4. The van der Waals surface area contributed by atoms with E-state index in [-0.39, 0.29) is 43.3 Å². The van der Waals surface area contributed by atoms with Gasteiger partial charge in [0.1, 0.15) is 84.4 Å². The largest absolute Gasteiger partial charge is 0.387 e. The molecule has 0 aromatic carbocycles. The van der Waals surface area contributed by atoms with Gasteiger partial charge in [-0.25, -0.2) is 44.9 Å². The monoisotopic (exact) mass is 1050 g/mol. The maximum absolute atomic E-state index is 12.5. The molecular weight excluding hydrogens is 1000 g/mol. The van der Waals surface area contributed by atoms with Crippen LogP contribution in [0.4, 0.5) is 17.5 Å². The zero-order valence-corrected chi connectivity index (χ0v) is 40.4. The van der Waals surface area contributed by atoms with Crippen LogP contribution in [0.5, 0.6) is 0 Å². The summed E-state index contributed by atoms with van der Waals surface area (Å²) in [7, 11) is -5.18. The number of methoxy groups -OCH3 is 2. The molecule has 9 N–H and O–H groups in total. The van der Waals surface area contributed by atoms with Crippen LogP contribution in [0.1, 0.15) is 25.1 Å². The molecule has 34 heteroatoms. The van der Waals surface area contributed by atoms with Crippen molar-refractivity contribution in [1.29, 1.82) is 0 Å². The third-order valence-corrected chi connectivity index (χ3v) is 16.0. The molecule has 0 aliphatic carbocycles. The summed E-state index contributed by atoms with van der Waals surface area (Å²) in [5.41, 5.74) is 20.0. The lowest BCUT2D eigenvalue weighted by atomic mass is 10.1. The highest BCUT2D eigenvalue weighted by molar-refractivity contribution is 8.01. The van der Waals surface area contributed by atoms with Gasteiger partial charge in [-0.05, 0) is 30.0 Å². The van der Waals surface area contributed by atoms with Crippen molar-refractivity contribution in [2.45, 2.75) is 80.0 Å². The number of aromatic nitrogens is 12. The summed E-state index contributed by atoms with van der Waals surface area (Å²) >= 11 is 11.6. The van der Waals surface area contributed by atoms with Crippen molar-refractivity contribution in [1.82, 2.24) is 58.6 Å². The van der Waals surface area contributed by atoms with Crippen molar-refractivity contribution in [3.05, 3.63) is 38.0 Å². The Morgan fingerprint density at radius 1 is 0.618 bits per heavy atom. The maximum Gasteiger partial charge on any atom is 0.327 e. The summed E-state index contributed by atoms with van der Waals surface area (Å²) in [6, 6.07) is 0. The highest BCUT2D eigenvalue weighted by Gasteiger charge is 2.51. The summed E-state index contributed by atoms with van der Waals surface area (Å²) in [4.78, 5) is 48.1. The van der Waals surface area contributed by atoms with Gasteiger partial charge < -0.3 is 78.6 Å². The Morgan fingerprint density at radius 2 is 1.03 bits per heavy atom. The first-order valence-electron chi connectivity index (χ1n) is 20.4. The molecule has 0 radical (unpaired) electrons. The third-order valence-electron chi connectivity index (χ3n) is 11.6. The predicted octanol–water partition coefficient (Wildman–Crippen LogP) is -0.266. The fourth-order valence-electron chi connectivity index (χ4n) is 8.29. The van der Waals surface area contributed by atoms with E-state index >= 15 is 0 Å². The Kier molecular flexibility index (Phi) is 14.7. The molecule has 3 unspecified atom stereocenters. The van der Waals surface area contributed by atoms with Gasteiger partial charge in [-0.3, -0.25) is 18.3 Å². The quantitative estimate of drug-likeness (QED) is 0.0569. The van der Waals surface area contributed by atoms with Crippen LogP contribution in [-0.4, -0.2) is 169 Å². The number of anilines is 3. The minimum absolute atomic E-state index is 0.0513. The Morgan fingerprint density at radius 3 is 1.49 bits per heavy atom. The Hall–Kier alpha value is -3.94. The summed E-state index contributed by atoms with van der Waals surface area (Å²) < 4.78 is 77.9. The summed E-state index contributed by atoms with van der Waals surface area (Å²) in [6.07, 6.45) is -4.29. The van der Waals surface area contributed by atoms with Crippen LogP contribution >= 0.6 is 21.9 Å². The van der Waals surface area contributed by atoms with Crippen molar-refractivity contribution >= 4 is 96.5 Å². The third kappa shape index (κ3) is 9.50. The number of hydrogen-bond donors (Lipinski definition) is 6. The van der Waals surface area contributed by atoms with Crippen molar-refractivity contribution < 1.29 is 66.0 Å². The zero-order valence-electron chi connectivity index (χ0n) is 35.9. The van der Waals surface area contributed by atoms with Crippen LogP contribution < -0.4 is 17.2 Å². The topological polar surface area (TPSA) is 379 Å². The standard InChI is InChI=1S/C34H46N15O14P3S2/c1-54-22-14(4-5-66(52,53)56-3)59-33(48-12-45-18-27(36)39-9-42-30(18)48)24(22)62-65(68)58-7-16-23(55-2)25(34(61-16)49-13-46-19-28(37)40-10-43-31(19)49)63-64(67)57-6-15-20(50)21(51)32(60-15)47-11-44-17-26(35)38-8-41-29(17)47/h8-16,20-25,32-34,50-51,64-65H,4-7H2,1-3H3,(H,52,53)(H2,35,38,41)(H2,36,39,42)(H2,37,40,43)/t14-,15-,16-,20-,21-,22-,23-,24-,25-,32-,33-,34-/m1/s1. The predicted molar refractivity (Wildman–Crippen MR) is 244 cm³/mol. The number of ether oxygens (including phenoxy) is 5. The molecule has 15 atom stereocenters. The van der Waals surface area contributed by atoms with Crippen LogP contribution in [-0.2, 0) is 74.5 Å². The first kappa shape index (κ1) is 49.1. The first-order valence-corrected chi connectivity index (χ1v) is 27.1. The van der Waals surface area contributed by atoms with Gasteiger partial charge in [0.05, 0.1) is 44.5 Å². The van der Waals surface area contributed by atoms with E-state index in [1.165, 1.54) is 56.8 Å². The molecule has 3 aliphatic rings. The van der Waals surface area contributed by atoms with E-state index in [1.54, 1.807) is 9.13 Å². The van der Waals surface area contributed by atoms with E-state index in [9.17, 15) is 19.7 Å². The Labute approximate surface area is 395 Å². The van der Waals surface area contributed by atoms with Crippen LogP contribution in [0.2, 0.25) is 0 Å². The molecule has 0 spiro atoms. The van der Waals surface area contributed by atoms with E-state index in [2.05, 4.69) is 44.9 Å². The number of nitrogen functional groups attached to an aromatic ring is 3. The number of aliphatic hydroxyl groups is 2. The van der Waals surface area contributed by atoms with Crippen LogP contribution in [0.15, 0.2) is 38.0 Å². The number of fused-ring (bicyclic) bond motifs is 3. The molecule has 29 nitrogen and oxygen atoms in total. The Bertz CT molecular complexity index is 2870. The lowest BCUT2D eigenvalue weighted by Gasteiger charge is -2.26. The van der Waals surface area contributed by atoms with Gasteiger partial charge in [-0.15, -0.1) is 0 Å². The maximum atomic E-state index is 12.5. The second kappa shape index (κ2) is 20.4. The number of hydrogen-bond acceptors (Lipinski definition) is 27. The molecule has 0 saturated carbocycles. The minimum Gasteiger partial charge on any atom is -0.387 e. The van der Waals surface area contributed by atoms with Crippen molar-refractivity contribution in [3.63, 3.8) is 0 Å². The van der Waals surface area contributed by atoms with Gasteiger partial charge in [-0.1, -0.05) is 0 Å². The van der Waals surface area contributed by atoms with Crippen molar-refractivity contribution in [2.24, 2.45) is 0 Å². The average Bonchev–Trinajstić information content (AvgIpc) is 4.19. The summed E-state index contributed by atoms with van der Waals surface area (Å²) in [5.74, 6) is 0.403. The summed E-state index contributed by atoms with van der Waals surface area (Å²) in [5, 5.41) is 22.0. The van der Waals surface area contributed by atoms with Crippen LogP contribution in [0.25, 0.3) is 33.5 Å². The lowest BCUT2D eigenvalue weighted by molar-refractivity contribution is -0.0529. The van der Waals surface area contributed by atoms with Gasteiger partial charge in [-0.2, -0.15) is 0 Å². The van der Waals surface area contributed by atoms with Gasteiger partial charge in [0, 0.05) is 21.3 Å². The number of imidazole rings is 3. The van der Waals surface area contributed by atoms with E-state index in [4.69, 9.17) is 87.1 Å². The first-order chi connectivity index (χ1) is 32.7. The van der Waals surface area contributed by atoms with Crippen LogP contribution in [0, 0.1) is 0 Å². The number of nitrogens with zero attached hydrogens (tertiary/aromatic N) is 12. The van der Waals surface area contributed by atoms with Crippen molar-refractivity contribution in [3.8, 4) is 0 Å². The molecular formula is C34H46N15O14P3S2. The second-order valence-electron chi connectivity index (χ2n) is 15.4. The number of nitrogens with two attached hydrogens (primary N) is 3. The number of rotatable bonds is 19. The Balaban J connectivity index is 0.911. The molecule has 6 aromatic heterocycles. The van der Waals surface area contributed by atoms with E-state index < -0.39 is 95.5 Å². The van der Waals surface area contributed by atoms with Gasteiger partial charge in [0.15, 0.2) is 67.4 Å². The highest BCUT2D eigenvalue weighted by atomic mass is 32.4. The summed E-state index contributed by atoms with van der Waals surface area (Å²) in [6.45, 7) is -0.456. The van der Waals surface area contributed by atoms with Gasteiger partial charge in [0.25, 0.3) is 0 Å². The molecule has 9 heterocycles. The molecule has 0 amide bonds. The van der Waals surface area contributed by atoms with Gasteiger partial charge in [0.2, 0.25) is 0 Å². The van der Waals surface area contributed by atoms with E-state index in [0.717, 1.165) is 7.11 Å². The zero-order chi connectivity index (χ0) is 48.0. The molecule has 3 saturated heterocycles. The highest BCUT2D eigenvalue weighted by Crippen LogP contribution is 2.47. The molecule has 3 aliphatic heterocycles. The number of aliphatic hydroxyl groups excluding tert-OH is 2. The lowest BCUT2D eigenvalue weighted by Crippen LogP contribution is -2.37. The smallest absolute Gasteiger partial charge is 0.327 e. The fourth-order valence-corrected chi connectivity index (χ4v) is 11.8. The second-order valence-corrected chi connectivity index (χ2v) is 21.6. The fraction of sp³-hybridized carbons (Fsp3) is 0.559. The van der Waals surface area contributed by atoms with Crippen LogP contribution in [0.3, 0.4) is 0 Å². The SMILES string of the molecule is CO[C@H]1[C@@H](O[PH](=S)OC[C@H]2O[C@@H](n3cnc4c(N)ncnc43)[C@H](O[PH](=S)OC[C@H]3O[C@@H](n4cnc5c(N)ncnc54)[C@H](O)[C@@H]3O)[C@@H]2OC)[C@H](n2cnc3c(N)ncnc32)O[C@@H]1CCP(=O)(O)OC. The van der Waals surface area contributed by atoms with E-state index in [0.29, 0.717) is 33.5 Å². The van der Waals surface area contributed by atoms with Crippen molar-refractivity contribution in [2.75, 3.05) is 57.9 Å². The molecule has 0 bridgehead atoms. The molecule has 9 rings (SSSR count). The molecule has 3 fully saturated rings. The average molecular weight is 1050 g/mol. The van der Waals surface area contributed by atoms with Gasteiger partial charge >= 0.3 is 7.60 Å². The minimum atomic E-state index is -3.93.